The van der Waals surface area contributed by atoms with E-state index in [0.717, 1.165) is 13.0 Å². The van der Waals surface area contributed by atoms with Gasteiger partial charge in [-0.2, -0.15) is 0 Å². The molecule has 0 aromatic heterocycles. The number of ether oxygens (including phenoxy) is 5. The number of carbonyl (C=O) groups is 6. The van der Waals surface area contributed by atoms with Crippen molar-refractivity contribution in [3.05, 3.63) is 124 Å². The predicted octanol–water partition coefficient (Wildman–Crippen LogP) is 5.15. The van der Waals surface area contributed by atoms with Crippen LogP contribution in [0.3, 0.4) is 0 Å². The molecule has 1 saturated heterocycles. The van der Waals surface area contributed by atoms with E-state index in [1.54, 1.807) is 87.5 Å². The standard InChI is InChI=1S/C47H48O13/c1-26-33(50)24-47(55)42(59-43(54)32-15-11-8-12-16-32)40-45(6,41(53)39(57-27(2)48)37(26)44(47,4)5)34(23-35-46(40,25-56-35)60-28(3)49)58-36(51)22-19-29-17-20-31(21-18-29)38(52)30-13-9-7-10-14-30/h7-22,33-35,39-40,42,50,55H,23-25H2,1-6H3/b22-19+/t33-,34-,35+,39+,40-,42-,45+,46-,47+/m0/s1. The zero-order valence-corrected chi connectivity index (χ0v) is 34.2. The fourth-order valence-corrected chi connectivity index (χ4v) is 9.90. The van der Waals surface area contributed by atoms with E-state index in [-0.39, 0.29) is 35.5 Å². The number of esters is 4. The number of Topliss-reactive ketones (excluding diaryl/α,β-unsaturated/α-hetero) is 1. The Morgan fingerprint density at radius 3 is 1.97 bits per heavy atom. The molecular weight excluding hydrogens is 773 g/mol. The molecule has 13 nitrogen and oxygen atoms in total. The highest BCUT2D eigenvalue weighted by Gasteiger charge is 2.79. The van der Waals surface area contributed by atoms with Gasteiger partial charge in [0.15, 0.2) is 23.3 Å². The summed E-state index contributed by atoms with van der Waals surface area (Å²) in [6, 6.07) is 23.3. The van der Waals surface area contributed by atoms with E-state index in [0.29, 0.717) is 16.7 Å². The maximum atomic E-state index is 15.7. The molecule has 3 fully saturated rings. The lowest BCUT2D eigenvalue weighted by Crippen LogP contribution is -2.82. The number of benzene rings is 3. The average Bonchev–Trinajstić information content (AvgIpc) is 3.21. The molecule has 0 unspecified atom stereocenters. The molecule has 3 aromatic carbocycles. The van der Waals surface area contributed by atoms with Gasteiger partial charge in [0.25, 0.3) is 0 Å². The van der Waals surface area contributed by atoms with E-state index < -0.39 is 94.6 Å². The van der Waals surface area contributed by atoms with Crippen molar-refractivity contribution in [2.45, 2.75) is 96.1 Å². The summed E-state index contributed by atoms with van der Waals surface area (Å²) in [6.07, 6.45) is -5.23. The van der Waals surface area contributed by atoms with Crippen LogP contribution in [0.5, 0.6) is 0 Å². The maximum absolute atomic E-state index is 15.7. The van der Waals surface area contributed by atoms with Crippen LogP contribution in [0.1, 0.15) is 86.2 Å². The molecule has 1 aliphatic heterocycles. The number of aliphatic hydroxyl groups is 2. The van der Waals surface area contributed by atoms with Crippen molar-refractivity contribution >= 4 is 41.5 Å². The van der Waals surface area contributed by atoms with Crippen molar-refractivity contribution in [2.24, 2.45) is 16.7 Å². The quantitative estimate of drug-likeness (QED) is 0.0950. The molecule has 2 bridgehead atoms. The van der Waals surface area contributed by atoms with Crippen molar-refractivity contribution in [1.29, 1.82) is 0 Å². The lowest BCUT2D eigenvalue weighted by molar-refractivity contribution is -0.346. The molecule has 4 aliphatic rings. The van der Waals surface area contributed by atoms with Gasteiger partial charge in [0.1, 0.15) is 23.9 Å². The third kappa shape index (κ3) is 6.97. The molecule has 2 N–H and O–H groups in total. The number of aliphatic hydroxyl groups excluding tert-OH is 1. The molecule has 314 valence electrons. The Labute approximate surface area is 347 Å². The molecule has 3 aliphatic carbocycles. The molecule has 1 heterocycles. The number of fused-ring (bicyclic) bond motifs is 5. The summed E-state index contributed by atoms with van der Waals surface area (Å²) in [5, 5.41) is 24.9. The van der Waals surface area contributed by atoms with Gasteiger partial charge in [0, 0.05) is 49.3 Å². The first kappa shape index (κ1) is 42.4. The van der Waals surface area contributed by atoms with Gasteiger partial charge in [0.05, 0.1) is 29.6 Å². The minimum absolute atomic E-state index is 0.0945. The number of rotatable bonds is 9. The minimum atomic E-state index is -2.23. The number of carbonyl (C=O) groups excluding carboxylic acids is 6. The predicted molar refractivity (Wildman–Crippen MR) is 214 cm³/mol. The average molecular weight is 821 g/mol. The van der Waals surface area contributed by atoms with Gasteiger partial charge in [-0.15, -0.1) is 0 Å². The first-order valence-electron chi connectivity index (χ1n) is 19.8. The van der Waals surface area contributed by atoms with Crippen molar-refractivity contribution < 1.29 is 62.7 Å². The lowest BCUT2D eigenvalue weighted by Gasteiger charge is -2.67. The second kappa shape index (κ2) is 15.7. The second-order valence-corrected chi connectivity index (χ2v) is 16.8. The normalized spacial score (nSPS) is 31.6. The second-order valence-electron chi connectivity index (χ2n) is 16.8. The molecule has 0 radical (unpaired) electrons. The monoisotopic (exact) mass is 820 g/mol. The fourth-order valence-electron chi connectivity index (χ4n) is 9.90. The summed E-state index contributed by atoms with van der Waals surface area (Å²) in [6.45, 7) is 8.26. The first-order valence-corrected chi connectivity index (χ1v) is 19.8. The van der Waals surface area contributed by atoms with E-state index in [4.69, 9.17) is 23.7 Å². The Hall–Kier alpha value is -5.76. The molecule has 13 heteroatoms. The summed E-state index contributed by atoms with van der Waals surface area (Å²) in [5.41, 5.74) is -5.54. The van der Waals surface area contributed by atoms with Crippen LogP contribution in [-0.2, 0) is 42.9 Å². The summed E-state index contributed by atoms with van der Waals surface area (Å²) in [5.74, 6) is -5.84. The molecule has 0 amide bonds. The van der Waals surface area contributed by atoms with Gasteiger partial charge in [-0.3, -0.25) is 19.2 Å². The summed E-state index contributed by atoms with van der Waals surface area (Å²) < 4.78 is 30.5. The van der Waals surface area contributed by atoms with Crippen molar-refractivity contribution in [3.8, 4) is 0 Å². The molecule has 2 saturated carbocycles. The number of hydrogen-bond donors (Lipinski definition) is 2. The van der Waals surface area contributed by atoms with Crippen LogP contribution in [0.2, 0.25) is 0 Å². The lowest BCUT2D eigenvalue weighted by atomic mass is 9.44. The first-order chi connectivity index (χ1) is 28.3. The summed E-state index contributed by atoms with van der Waals surface area (Å²) in [4.78, 5) is 82.6. The maximum Gasteiger partial charge on any atom is 0.338 e. The van der Waals surface area contributed by atoms with Gasteiger partial charge in [-0.05, 0) is 48.8 Å². The van der Waals surface area contributed by atoms with Crippen LogP contribution in [0.4, 0.5) is 0 Å². The summed E-state index contributed by atoms with van der Waals surface area (Å²) in [7, 11) is 0. The van der Waals surface area contributed by atoms with E-state index in [9.17, 15) is 34.2 Å². The molecule has 3 aromatic rings. The molecule has 7 rings (SSSR count). The Bertz CT molecular complexity index is 2280. The van der Waals surface area contributed by atoms with Gasteiger partial charge in [-0.1, -0.05) is 86.6 Å². The Kier molecular flexibility index (Phi) is 11.1. The van der Waals surface area contributed by atoms with Gasteiger partial charge < -0.3 is 33.9 Å². The Balaban J connectivity index is 1.35. The highest BCUT2D eigenvalue weighted by Crippen LogP contribution is 2.64. The molecule has 9 atom stereocenters. The van der Waals surface area contributed by atoms with Gasteiger partial charge in [0.2, 0.25) is 0 Å². The van der Waals surface area contributed by atoms with Crippen molar-refractivity contribution in [3.63, 3.8) is 0 Å². The van der Waals surface area contributed by atoms with Crippen LogP contribution < -0.4 is 0 Å². The minimum Gasteiger partial charge on any atom is -0.458 e. The molecule has 0 spiro atoms. The van der Waals surface area contributed by atoms with E-state index >= 15 is 4.79 Å². The van der Waals surface area contributed by atoms with E-state index in [1.165, 1.54) is 32.1 Å². The number of ketones is 2. The van der Waals surface area contributed by atoms with E-state index in [1.807, 2.05) is 6.07 Å². The fraction of sp³-hybridized carbons (Fsp3) is 0.404. The largest absolute Gasteiger partial charge is 0.458 e. The Morgan fingerprint density at radius 2 is 1.40 bits per heavy atom. The van der Waals surface area contributed by atoms with Crippen LogP contribution in [0.15, 0.2) is 102 Å². The molecule has 60 heavy (non-hydrogen) atoms. The smallest absolute Gasteiger partial charge is 0.338 e. The number of hydrogen-bond acceptors (Lipinski definition) is 13. The highest BCUT2D eigenvalue weighted by molar-refractivity contribution is 6.09. The third-order valence-electron chi connectivity index (χ3n) is 13.1. The van der Waals surface area contributed by atoms with E-state index in [2.05, 4.69) is 0 Å². The highest BCUT2D eigenvalue weighted by atomic mass is 16.6. The Morgan fingerprint density at radius 1 is 0.800 bits per heavy atom. The van der Waals surface area contributed by atoms with Crippen LogP contribution in [0.25, 0.3) is 6.08 Å². The van der Waals surface area contributed by atoms with Crippen molar-refractivity contribution in [1.82, 2.24) is 0 Å². The van der Waals surface area contributed by atoms with Crippen LogP contribution in [0, 0.1) is 16.7 Å². The zero-order valence-electron chi connectivity index (χ0n) is 34.2. The van der Waals surface area contributed by atoms with Gasteiger partial charge in [-0.25, -0.2) is 9.59 Å². The summed E-state index contributed by atoms with van der Waals surface area (Å²) >= 11 is 0. The zero-order chi connectivity index (χ0) is 43.4. The van der Waals surface area contributed by atoms with Crippen LogP contribution >= 0.6 is 0 Å². The van der Waals surface area contributed by atoms with Gasteiger partial charge >= 0.3 is 23.9 Å². The van der Waals surface area contributed by atoms with Crippen molar-refractivity contribution in [2.75, 3.05) is 6.61 Å². The topological polar surface area (TPSA) is 189 Å². The SMILES string of the molecule is CC(=O)O[C@H]1C(=O)[C@]2(C)[C@@H](OC(=O)/C=C/c3ccc(C(=O)c4ccccc4)cc3)C[C@H]3OC[C@@]3(OC(C)=O)[C@H]2[C@H](OC(=O)c2ccccc2)[C@]2(O)C[C@H](O)C(C)=C1C2(C)C. The molecular formula is C47H48O13. The van der Waals surface area contributed by atoms with Crippen LogP contribution in [-0.4, -0.2) is 94.0 Å². The third-order valence-corrected chi connectivity index (χ3v) is 13.1.